The van der Waals surface area contributed by atoms with Crippen LogP contribution in [0.2, 0.25) is 0 Å². The standard InChI is InChI=1S/C12H12N4O2/c1-7-2-3-8(6-15-7)16-11-10(13)9(12(17)18)4-5-14-11/h2-6H,13H2,1H3,(H,14,16)(H,17,18). The number of hydrogen-bond acceptors (Lipinski definition) is 5. The number of nitrogens with two attached hydrogens (primary N) is 1. The Hall–Kier alpha value is -2.63. The Bertz CT molecular complexity index is 581. The second-order valence-corrected chi connectivity index (χ2v) is 3.74. The Morgan fingerprint density at radius 2 is 2.11 bits per heavy atom. The van der Waals surface area contributed by atoms with Crippen LogP contribution < -0.4 is 11.1 Å². The number of aromatic carboxylic acids is 1. The molecule has 0 unspecified atom stereocenters. The summed E-state index contributed by atoms with van der Waals surface area (Å²) in [6, 6.07) is 5.01. The minimum absolute atomic E-state index is 0.0209. The SMILES string of the molecule is Cc1ccc(Nc2nccc(C(=O)O)c2N)cn1. The van der Waals surface area contributed by atoms with Crippen molar-refractivity contribution < 1.29 is 9.90 Å². The maximum Gasteiger partial charge on any atom is 0.337 e. The third kappa shape index (κ3) is 2.37. The molecule has 18 heavy (non-hydrogen) atoms. The van der Waals surface area contributed by atoms with Gasteiger partial charge >= 0.3 is 5.97 Å². The summed E-state index contributed by atoms with van der Waals surface area (Å²) in [6.45, 7) is 1.88. The molecule has 0 aromatic carbocycles. The predicted molar refractivity (Wildman–Crippen MR) is 67.9 cm³/mol. The molecule has 92 valence electrons. The first-order valence-electron chi connectivity index (χ1n) is 5.25. The molecule has 0 aliphatic heterocycles. The van der Waals surface area contributed by atoms with Crippen LogP contribution in [0.4, 0.5) is 17.2 Å². The lowest BCUT2D eigenvalue weighted by Gasteiger charge is -2.09. The van der Waals surface area contributed by atoms with Gasteiger partial charge in [0.2, 0.25) is 0 Å². The number of aryl methyl sites for hydroxylation is 1. The molecule has 0 saturated heterocycles. The number of hydrogen-bond donors (Lipinski definition) is 3. The molecule has 2 aromatic rings. The smallest absolute Gasteiger partial charge is 0.337 e. The average molecular weight is 244 g/mol. The number of pyridine rings is 2. The van der Waals surface area contributed by atoms with Crippen molar-refractivity contribution in [1.29, 1.82) is 0 Å². The normalized spacial score (nSPS) is 10.1. The molecule has 6 heteroatoms. The number of carbonyl (C=O) groups is 1. The highest BCUT2D eigenvalue weighted by Gasteiger charge is 2.12. The number of rotatable bonds is 3. The third-order valence-corrected chi connectivity index (χ3v) is 2.39. The summed E-state index contributed by atoms with van der Waals surface area (Å²) in [5.41, 5.74) is 7.45. The maximum absolute atomic E-state index is 10.9. The molecule has 4 N–H and O–H groups in total. The van der Waals surface area contributed by atoms with Crippen molar-refractivity contribution in [2.24, 2.45) is 0 Å². The number of carboxylic acid groups (broad SMARTS) is 1. The molecule has 0 fully saturated rings. The quantitative estimate of drug-likeness (QED) is 0.761. The molecule has 0 aliphatic carbocycles. The van der Waals surface area contributed by atoms with Crippen molar-refractivity contribution >= 4 is 23.2 Å². The molecule has 6 nitrogen and oxygen atoms in total. The summed E-state index contributed by atoms with van der Waals surface area (Å²) in [7, 11) is 0. The first-order chi connectivity index (χ1) is 8.58. The Balaban J connectivity index is 2.32. The van der Waals surface area contributed by atoms with Gasteiger partial charge in [-0.2, -0.15) is 0 Å². The fourth-order valence-corrected chi connectivity index (χ4v) is 1.44. The molecule has 0 atom stereocenters. The molecular formula is C12H12N4O2. The molecular weight excluding hydrogens is 232 g/mol. The van der Waals surface area contributed by atoms with Gasteiger partial charge in [-0.1, -0.05) is 0 Å². The molecule has 0 spiro atoms. The lowest BCUT2D eigenvalue weighted by atomic mass is 10.2. The molecule has 0 aliphatic rings. The summed E-state index contributed by atoms with van der Waals surface area (Å²) in [6.07, 6.45) is 3.02. The first kappa shape index (κ1) is 11.8. The molecule has 2 aromatic heterocycles. The van der Waals surface area contributed by atoms with E-state index >= 15 is 0 Å². The monoisotopic (exact) mass is 244 g/mol. The van der Waals surface area contributed by atoms with Crippen LogP contribution in [0.5, 0.6) is 0 Å². The molecule has 0 saturated carbocycles. The van der Waals surface area contributed by atoms with Crippen LogP contribution in [-0.4, -0.2) is 21.0 Å². The number of aromatic nitrogens is 2. The van der Waals surface area contributed by atoms with Crippen molar-refractivity contribution in [3.05, 3.63) is 41.9 Å². The van der Waals surface area contributed by atoms with Crippen LogP contribution >= 0.6 is 0 Å². The van der Waals surface area contributed by atoms with E-state index in [9.17, 15) is 4.79 Å². The summed E-state index contributed by atoms with van der Waals surface area (Å²) in [5, 5.41) is 11.9. The highest BCUT2D eigenvalue weighted by Crippen LogP contribution is 2.23. The Morgan fingerprint density at radius 3 is 2.72 bits per heavy atom. The van der Waals surface area contributed by atoms with Gasteiger partial charge in [-0.3, -0.25) is 4.98 Å². The largest absolute Gasteiger partial charge is 0.478 e. The van der Waals surface area contributed by atoms with Crippen LogP contribution in [0.1, 0.15) is 16.1 Å². The second-order valence-electron chi connectivity index (χ2n) is 3.74. The van der Waals surface area contributed by atoms with Gasteiger partial charge in [0.15, 0.2) is 5.82 Å². The molecule has 2 heterocycles. The molecule has 0 bridgehead atoms. The van der Waals surface area contributed by atoms with Gasteiger partial charge < -0.3 is 16.2 Å². The summed E-state index contributed by atoms with van der Waals surface area (Å²) < 4.78 is 0. The van der Waals surface area contributed by atoms with Gasteiger partial charge in [0, 0.05) is 11.9 Å². The van der Waals surface area contributed by atoms with Crippen LogP contribution in [0, 0.1) is 6.92 Å². The number of carboxylic acids is 1. The molecule has 0 radical (unpaired) electrons. The van der Waals surface area contributed by atoms with Crippen LogP contribution in [0.3, 0.4) is 0 Å². The van der Waals surface area contributed by atoms with Crippen molar-refractivity contribution in [2.45, 2.75) is 6.92 Å². The summed E-state index contributed by atoms with van der Waals surface area (Å²) >= 11 is 0. The number of nitrogens with one attached hydrogen (secondary N) is 1. The highest BCUT2D eigenvalue weighted by molar-refractivity contribution is 5.96. The zero-order chi connectivity index (χ0) is 13.1. The van der Waals surface area contributed by atoms with Gasteiger partial charge in [0.1, 0.15) is 0 Å². The van der Waals surface area contributed by atoms with E-state index in [0.717, 1.165) is 5.69 Å². The van der Waals surface area contributed by atoms with Crippen molar-refractivity contribution in [3.63, 3.8) is 0 Å². The van der Waals surface area contributed by atoms with Crippen LogP contribution in [0.25, 0.3) is 0 Å². The minimum Gasteiger partial charge on any atom is -0.478 e. The Kier molecular flexibility index (Phi) is 3.09. The highest BCUT2D eigenvalue weighted by atomic mass is 16.4. The lowest BCUT2D eigenvalue weighted by molar-refractivity contribution is 0.0698. The number of anilines is 3. The number of nitrogen functional groups attached to an aromatic ring is 1. The molecule has 2 rings (SSSR count). The zero-order valence-electron chi connectivity index (χ0n) is 9.71. The first-order valence-corrected chi connectivity index (χ1v) is 5.25. The van der Waals surface area contributed by atoms with Crippen molar-refractivity contribution in [3.8, 4) is 0 Å². The topological polar surface area (TPSA) is 101 Å². The Morgan fingerprint density at radius 1 is 1.33 bits per heavy atom. The van der Waals surface area contributed by atoms with Gasteiger partial charge in [0.25, 0.3) is 0 Å². The van der Waals surface area contributed by atoms with E-state index in [4.69, 9.17) is 10.8 Å². The second kappa shape index (κ2) is 4.70. The number of nitrogens with zero attached hydrogens (tertiary/aromatic N) is 2. The fraction of sp³-hybridized carbons (Fsp3) is 0.0833. The van der Waals surface area contributed by atoms with E-state index in [1.54, 1.807) is 6.20 Å². The zero-order valence-corrected chi connectivity index (χ0v) is 9.71. The Labute approximate surface area is 104 Å². The van der Waals surface area contributed by atoms with Gasteiger partial charge in [-0.15, -0.1) is 0 Å². The van der Waals surface area contributed by atoms with E-state index < -0.39 is 5.97 Å². The fourth-order valence-electron chi connectivity index (χ4n) is 1.44. The van der Waals surface area contributed by atoms with Gasteiger partial charge in [-0.05, 0) is 25.1 Å². The third-order valence-electron chi connectivity index (χ3n) is 2.39. The van der Waals surface area contributed by atoms with Crippen LogP contribution in [-0.2, 0) is 0 Å². The molecule has 0 amide bonds. The maximum atomic E-state index is 10.9. The summed E-state index contributed by atoms with van der Waals surface area (Å²) in [5.74, 6) is -0.777. The van der Waals surface area contributed by atoms with Gasteiger partial charge in [-0.25, -0.2) is 9.78 Å². The van der Waals surface area contributed by atoms with Gasteiger partial charge in [0.05, 0.1) is 23.1 Å². The lowest BCUT2D eigenvalue weighted by Crippen LogP contribution is -2.07. The van der Waals surface area contributed by atoms with E-state index in [1.807, 2.05) is 19.1 Å². The van der Waals surface area contributed by atoms with Crippen molar-refractivity contribution in [2.75, 3.05) is 11.1 Å². The minimum atomic E-state index is -1.08. The van der Waals surface area contributed by atoms with Crippen LogP contribution in [0.15, 0.2) is 30.6 Å². The van der Waals surface area contributed by atoms with Crippen molar-refractivity contribution in [1.82, 2.24) is 9.97 Å². The van der Waals surface area contributed by atoms with E-state index in [-0.39, 0.29) is 11.3 Å². The van der Waals surface area contributed by atoms with E-state index in [2.05, 4.69) is 15.3 Å². The van der Waals surface area contributed by atoms with E-state index in [1.165, 1.54) is 12.3 Å². The summed E-state index contributed by atoms with van der Waals surface area (Å²) in [4.78, 5) is 19.1. The van der Waals surface area contributed by atoms with E-state index in [0.29, 0.717) is 11.5 Å². The average Bonchev–Trinajstić information content (AvgIpc) is 2.34. The predicted octanol–water partition coefficient (Wildman–Crippen LogP) is 1.81.